The third-order valence-corrected chi connectivity index (χ3v) is 6.97. The van der Waals surface area contributed by atoms with Crippen LogP contribution in [0.25, 0.3) is 5.65 Å². The molecule has 1 amide bonds. The summed E-state index contributed by atoms with van der Waals surface area (Å²) in [5.41, 5.74) is 4.36. The molecule has 0 spiro atoms. The fraction of sp³-hybridized carbons (Fsp3) is 0.308. The van der Waals surface area contributed by atoms with E-state index < -0.39 is 0 Å². The fourth-order valence-corrected chi connectivity index (χ4v) is 4.75. The van der Waals surface area contributed by atoms with Gasteiger partial charge in [0.05, 0.1) is 12.2 Å². The Hall–Kier alpha value is -3.45. The summed E-state index contributed by atoms with van der Waals surface area (Å²) in [6.07, 6.45) is 9.11. The van der Waals surface area contributed by atoms with Crippen molar-refractivity contribution in [1.29, 1.82) is 0 Å². The lowest BCUT2D eigenvalue weighted by Gasteiger charge is -2.17. The van der Waals surface area contributed by atoms with Crippen LogP contribution in [0.4, 0.5) is 11.6 Å². The summed E-state index contributed by atoms with van der Waals surface area (Å²) in [5.74, 6) is 2.16. The van der Waals surface area contributed by atoms with E-state index in [-0.39, 0.29) is 17.7 Å². The van der Waals surface area contributed by atoms with Crippen LogP contribution in [0.1, 0.15) is 47.9 Å². The van der Waals surface area contributed by atoms with Crippen LogP contribution in [0.2, 0.25) is 5.02 Å². The minimum atomic E-state index is -0.0478. The van der Waals surface area contributed by atoms with Crippen LogP contribution in [0.5, 0.6) is 0 Å². The van der Waals surface area contributed by atoms with Gasteiger partial charge in [-0.3, -0.25) is 9.69 Å². The van der Waals surface area contributed by atoms with Crippen LogP contribution in [0.3, 0.4) is 0 Å². The quantitative estimate of drug-likeness (QED) is 0.408. The molecule has 7 nitrogen and oxygen atoms in total. The first-order valence-corrected chi connectivity index (χ1v) is 12.0. The van der Waals surface area contributed by atoms with E-state index in [1.54, 1.807) is 18.0 Å². The third-order valence-electron chi connectivity index (χ3n) is 6.73. The second kappa shape index (κ2) is 8.40. The number of anilines is 2. The van der Waals surface area contributed by atoms with Crippen molar-refractivity contribution in [3.05, 3.63) is 83.0 Å². The lowest BCUT2D eigenvalue weighted by atomic mass is 10.1. The number of imidazole rings is 1. The molecule has 172 valence electrons. The van der Waals surface area contributed by atoms with Gasteiger partial charge in [0.1, 0.15) is 23.6 Å². The molecule has 0 unspecified atom stereocenters. The van der Waals surface area contributed by atoms with Crippen LogP contribution >= 0.6 is 11.6 Å². The number of amides is 1. The molecular formula is C26H25ClN6O. The van der Waals surface area contributed by atoms with Gasteiger partial charge >= 0.3 is 0 Å². The molecule has 3 aromatic heterocycles. The number of halogens is 1. The zero-order valence-corrected chi connectivity index (χ0v) is 19.6. The van der Waals surface area contributed by atoms with E-state index in [1.165, 1.54) is 24.7 Å². The van der Waals surface area contributed by atoms with Gasteiger partial charge in [-0.1, -0.05) is 29.8 Å². The van der Waals surface area contributed by atoms with E-state index in [4.69, 9.17) is 16.6 Å². The predicted molar refractivity (Wildman–Crippen MR) is 132 cm³/mol. The Labute approximate surface area is 202 Å². The lowest BCUT2D eigenvalue weighted by Crippen LogP contribution is -2.29. The average Bonchev–Trinajstić information content (AvgIpc) is 3.78. The molecule has 2 aliphatic rings. The van der Waals surface area contributed by atoms with Crippen molar-refractivity contribution in [2.45, 2.75) is 37.6 Å². The summed E-state index contributed by atoms with van der Waals surface area (Å²) in [6, 6.07) is 13.8. The van der Waals surface area contributed by atoms with E-state index in [0.717, 1.165) is 23.3 Å². The molecule has 0 saturated heterocycles. The normalized spacial score (nSPS) is 19.2. The molecule has 0 radical (unpaired) electrons. The van der Waals surface area contributed by atoms with Crippen LogP contribution in [-0.4, -0.2) is 32.3 Å². The average molecular weight is 473 g/mol. The number of nitrogens with zero attached hydrogens (tertiary/aromatic N) is 5. The number of benzene rings is 1. The molecule has 0 bridgehead atoms. The Morgan fingerprint density at radius 2 is 2.03 bits per heavy atom. The molecule has 2 saturated carbocycles. The van der Waals surface area contributed by atoms with Gasteiger partial charge in [-0.2, -0.15) is 0 Å². The highest BCUT2D eigenvalue weighted by Crippen LogP contribution is 2.49. The molecule has 8 heteroatoms. The summed E-state index contributed by atoms with van der Waals surface area (Å²) in [7, 11) is 1.77. The predicted octanol–water partition coefficient (Wildman–Crippen LogP) is 5.03. The van der Waals surface area contributed by atoms with Crippen LogP contribution in [-0.2, 0) is 11.3 Å². The summed E-state index contributed by atoms with van der Waals surface area (Å²) >= 11 is 6.11. The topological polar surface area (TPSA) is 75.4 Å². The molecule has 1 N–H and O–H groups in total. The van der Waals surface area contributed by atoms with E-state index in [0.29, 0.717) is 29.1 Å². The number of hydrogen-bond acceptors (Lipinski definition) is 5. The first-order chi connectivity index (χ1) is 16.5. The second-order valence-electron chi connectivity index (χ2n) is 9.25. The van der Waals surface area contributed by atoms with Gasteiger partial charge in [0.15, 0.2) is 0 Å². The lowest BCUT2D eigenvalue weighted by molar-refractivity contribution is -0.119. The number of pyridine rings is 1. The van der Waals surface area contributed by atoms with Crippen molar-refractivity contribution in [1.82, 2.24) is 19.4 Å². The highest BCUT2D eigenvalue weighted by molar-refractivity contribution is 6.30. The van der Waals surface area contributed by atoms with Crippen molar-refractivity contribution in [2.75, 3.05) is 17.3 Å². The molecule has 34 heavy (non-hydrogen) atoms. The Balaban J connectivity index is 1.11. The Bertz CT molecular complexity index is 1380. The molecule has 1 aromatic carbocycles. The van der Waals surface area contributed by atoms with Crippen LogP contribution in [0, 0.1) is 5.92 Å². The number of carbonyl (C=O) groups excluding carboxylic acids is 1. The maximum atomic E-state index is 13.0. The minimum absolute atomic E-state index is 0.0478. The van der Waals surface area contributed by atoms with Crippen LogP contribution < -0.4 is 10.2 Å². The van der Waals surface area contributed by atoms with Crippen molar-refractivity contribution >= 4 is 34.8 Å². The smallest absolute Gasteiger partial charge is 0.231 e. The number of nitrogens with one attached hydrogen (secondary N) is 1. The van der Waals surface area contributed by atoms with Gasteiger partial charge in [0.25, 0.3) is 0 Å². The first-order valence-electron chi connectivity index (χ1n) is 11.6. The molecule has 4 aromatic rings. The maximum absolute atomic E-state index is 13.0. The molecule has 0 aliphatic heterocycles. The van der Waals surface area contributed by atoms with E-state index >= 15 is 0 Å². The number of rotatable bonds is 7. The molecule has 3 heterocycles. The van der Waals surface area contributed by atoms with Crippen molar-refractivity contribution in [3.63, 3.8) is 0 Å². The van der Waals surface area contributed by atoms with Crippen molar-refractivity contribution in [3.8, 4) is 0 Å². The van der Waals surface area contributed by atoms with E-state index in [1.807, 2.05) is 24.3 Å². The highest BCUT2D eigenvalue weighted by atomic mass is 35.5. The third kappa shape index (κ3) is 4.23. The summed E-state index contributed by atoms with van der Waals surface area (Å²) < 4.78 is 2.09. The second-order valence-corrected chi connectivity index (χ2v) is 9.69. The number of fused-ring (bicyclic) bond motifs is 1. The van der Waals surface area contributed by atoms with Crippen molar-refractivity contribution in [2.24, 2.45) is 5.92 Å². The molecular weight excluding hydrogens is 448 g/mol. The summed E-state index contributed by atoms with van der Waals surface area (Å²) in [5, 5.41) is 4.01. The Morgan fingerprint density at radius 3 is 2.85 bits per heavy atom. The summed E-state index contributed by atoms with van der Waals surface area (Å²) in [6.45, 7) is 0.536. The fourth-order valence-electron chi connectivity index (χ4n) is 4.55. The monoisotopic (exact) mass is 472 g/mol. The Morgan fingerprint density at radius 1 is 1.15 bits per heavy atom. The first kappa shape index (κ1) is 21.1. The zero-order chi connectivity index (χ0) is 23.2. The van der Waals surface area contributed by atoms with Gasteiger partial charge in [-0.25, -0.2) is 15.0 Å². The van der Waals surface area contributed by atoms with Gasteiger partial charge in [0.2, 0.25) is 5.91 Å². The number of carbonyl (C=O) groups is 1. The van der Waals surface area contributed by atoms with Crippen LogP contribution in [0.15, 0.2) is 61.2 Å². The number of hydrogen-bond donors (Lipinski definition) is 1. The molecule has 2 fully saturated rings. The van der Waals surface area contributed by atoms with Crippen molar-refractivity contribution < 1.29 is 4.79 Å². The molecule has 2 aliphatic carbocycles. The molecule has 2 atom stereocenters. The Kier molecular flexibility index (Phi) is 5.21. The molecule has 6 rings (SSSR count). The van der Waals surface area contributed by atoms with E-state index in [9.17, 15) is 4.79 Å². The van der Waals surface area contributed by atoms with Gasteiger partial charge in [-0.15, -0.1) is 0 Å². The standard InChI is InChI=1S/C26H25ClN6O/c1-32(26(34)22-10-21(22)17-3-2-4-19(27)9-17)25-11-23(29-15-30-25)28-12-20-14-33-13-18(16-5-6-16)7-8-24(33)31-20/h2-4,7-9,11,13-16,21-22H,5-6,10,12H2,1H3,(H,28,29,30)/t21-,22+/m1/s1. The maximum Gasteiger partial charge on any atom is 0.231 e. The summed E-state index contributed by atoms with van der Waals surface area (Å²) in [4.78, 5) is 28.0. The number of aromatic nitrogens is 4. The highest BCUT2D eigenvalue weighted by Gasteiger charge is 2.45. The zero-order valence-electron chi connectivity index (χ0n) is 18.9. The van der Waals surface area contributed by atoms with Gasteiger partial charge in [0, 0.05) is 36.4 Å². The SMILES string of the molecule is CN(C(=O)[C@H]1C[C@@H]1c1cccc(Cl)c1)c1cc(NCc2cn3cc(C4CC4)ccc3n2)ncn1. The van der Waals surface area contributed by atoms with Gasteiger partial charge in [-0.05, 0) is 60.4 Å². The van der Waals surface area contributed by atoms with E-state index in [2.05, 4.69) is 44.2 Å². The minimum Gasteiger partial charge on any atom is -0.364 e. The van der Waals surface area contributed by atoms with Gasteiger partial charge < -0.3 is 9.72 Å². The largest absolute Gasteiger partial charge is 0.364 e.